The minimum absolute atomic E-state index is 0.132. The van der Waals surface area contributed by atoms with Crippen molar-refractivity contribution in [2.24, 2.45) is 0 Å². The van der Waals surface area contributed by atoms with Gasteiger partial charge in [-0.1, -0.05) is 17.7 Å². The van der Waals surface area contributed by atoms with E-state index in [2.05, 4.69) is 0 Å². The standard InChI is InChI=1S/C21H17ClN2O3S2/c1-11-7-16(13(3)28-11)18(25)10-23-20-17(8-12(2)29-20)19(26)24(21(23)27)15-6-4-5-14(22)9-15/h4-9H,10H2,1-3H3. The number of nitrogens with zero attached hydrogens (tertiary/aromatic N) is 2. The molecule has 0 aliphatic carbocycles. The molecular formula is C21H17ClN2O3S2. The molecule has 3 heterocycles. The van der Waals surface area contributed by atoms with Crippen LogP contribution in [0.5, 0.6) is 0 Å². The summed E-state index contributed by atoms with van der Waals surface area (Å²) in [5.41, 5.74) is 0.0239. The molecule has 0 radical (unpaired) electrons. The van der Waals surface area contributed by atoms with Crippen LogP contribution in [-0.4, -0.2) is 14.9 Å². The quantitative estimate of drug-likeness (QED) is 0.427. The third kappa shape index (κ3) is 3.50. The van der Waals surface area contributed by atoms with Gasteiger partial charge in [-0.2, -0.15) is 0 Å². The van der Waals surface area contributed by atoms with Crippen molar-refractivity contribution in [3.8, 4) is 5.69 Å². The van der Waals surface area contributed by atoms with Gasteiger partial charge in [0, 0.05) is 25.2 Å². The molecule has 0 saturated carbocycles. The lowest BCUT2D eigenvalue weighted by molar-refractivity contribution is 0.0971. The first-order valence-electron chi connectivity index (χ1n) is 8.88. The first-order chi connectivity index (χ1) is 13.8. The number of fused-ring (bicyclic) bond motifs is 1. The van der Waals surface area contributed by atoms with Crippen molar-refractivity contribution >= 4 is 50.3 Å². The maximum atomic E-state index is 13.3. The minimum Gasteiger partial charge on any atom is -0.292 e. The van der Waals surface area contributed by atoms with E-state index < -0.39 is 11.2 Å². The van der Waals surface area contributed by atoms with Crippen molar-refractivity contribution in [3.63, 3.8) is 0 Å². The van der Waals surface area contributed by atoms with Gasteiger partial charge in [-0.25, -0.2) is 9.36 Å². The molecule has 3 aromatic heterocycles. The highest BCUT2D eigenvalue weighted by Crippen LogP contribution is 2.24. The monoisotopic (exact) mass is 444 g/mol. The van der Waals surface area contributed by atoms with E-state index in [0.29, 0.717) is 26.5 Å². The molecule has 0 amide bonds. The number of carbonyl (C=O) groups excluding carboxylic acids is 1. The van der Waals surface area contributed by atoms with Gasteiger partial charge in [0.2, 0.25) is 0 Å². The Morgan fingerprint density at radius 1 is 1.03 bits per heavy atom. The number of carbonyl (C=O) groups is 1. The fraction of sp³-hybridized carbons (Fsp3) is 0.190. The van der Waals surface area contributed by atoms with E-state index in [9.17, 15) is 14.4 Å². The van der Waals surface area contributed by atoms with Gasteiger partial charge in [0.05, 0.1) is 17.6 Å². The van der Waals surface area contributed by atoms with Crippen LogP contribution >= 0.6 is 34.3 Å². The molecule has 148 valence electrons. The summed E-state index contributed by atoms with van der Waals surface area (Å²) in [5.74, 6) is -0.155. The van der Waals surface area contributed by atoms with Crippen LogP contribution in [-0.2, 0) is 6.54 Å². The third-order valence-corrected chi connectivity index (χ3v) is 6.92. The van der Waals surface area contributed by atoms with Crippen LogP contribution in [0, 0.1) is 20.8 Å². The van der Waals surface area contributed by atoms with Crippen molar-refractivity contribution in [1.82, 2.24) is 9.13 Å². The third-order valence-electron chi connectivity index (χ3n) is 4.65. The van der Waals surface area contributed by atoms with Gasteiger partial charge >= 0.3 is 5.69 Å². The van der Waals surface area contributed by atoms with Crippen LogP contribution in [0.15, 0.2) is 46.0 Å². The maximum Gasteiger partial charge on any atom is 0.337 e. The highest BCUT2D eigenvalue weighted by molar-refractivity contribution is 7.18. The molecule has 0 bridgehead atoms. The number of benzene rings is 1. The number of hydrogen-bond acceptors (Lipinski definition) is 5. The van der Waals surface area contributed by atoms with E-state index in [1.165, 1.54) is 15.9 Å². The number of ketones is 1. The van der Waals surface area contributed by atoms with Crippen LogP contribution in [0.4, 0.5) is 0 Å². The lowest BCUT2D eigenvalue weighted by Gasteiger charge is -2.12. The van der Waals surface area contributed by atoms with Gasteiger partial charge in [0.15, 0.2) is 5.78 Å². The molecule has 0 N–H and O–H groups in total. The lowest BCUT2D eigenvalue weighted by atomic mass is 10.1. The Hall–Kier alpha value is -2.48. The van der Waals surface area contributed by atoms with Crippen LogP contribution in [0.2, 0.25) is 5.02 Å². The van der Waals surface area contributed by atoms with E-state index in [-0.39, 0.29) is 12.3 Å². The molecule has 0 aliphatic rings. The Balaban J connectivity index is 1.96. The summed E-state index contributed by atoms with van der Waals surface area (Å²) in [4.78, 5) is 42.7. The summed E-state index contributed by atoms with van der Waals surface area (Å²) in [5, 5.41) is 0.834. The zero-order chi connectivity index (χ0) is 20.9. The van der Waals surface area contributed by atoms with E-state index in [4.69, 9.17) is 11.6 Å². The van der Waals surface area contributed by atoms with Crippen LogP contribution in [0.25, 0.3) is 15.9 Å². The summed E-state index contributed by atoms with van der Waals surface area (Å²) in [6, 6.07) is 10.2. The van der Waals surface area contributed by atoms with Crippen molar-refractivity contribution in [2.45, 2.75) is 27.3 Å². The summed E-state index contributed by atoms with van der Waals surface area (Å²) in [6.45, 7) is 5.58. The molecule has 8 heteroatoms. The largest absolute Gasteiger partial charge is 0.337 e. The zero-order valence-electron chi connectivity index (χ0n) is 16.0. The molecule has 1 aromatic carbocycles. The van der Waals surface area contributed by atoms with E-state index in [0.717, 1.165) is 19.2 Å². The first-order valence-corrected chi connectivity index (χ1v) is 10.9. The number of Topliss-reactive ketones (excluding diaryl/α,β-unsaturated/α-hetero) is 1. The molecule has 0 aliphatic heterocycles. The predicted molar refractivity (Wildman–Crippen MR) is 120 cm³/mol. The molecule has 5 nitrogen and oxygen atoms in total. The Labute approximate surface area is 179 Å². The smallest absolute Gasteiger partial charge is 0.292 e. The summed E-state index contributed by atoms with van der Waals surface area (Å²) in [7, 11) is 0. The van der Waals surface area contributed by atoms with Gasteiger partial charge in [-0.3, -0.25) is 14.2 Å². The molecule has 0 atom stereocenters. The van der Waals surface area contributed by atoms with Crippen LogP contribution < -0.4 is 11.2 Å². The first kappa shape index (κ1) is 19.8. The van der Waals surface area contributed by atoms with Gasteiger partial charge < -0.3 is 0 Å². The van der Waals surface area contributed by atoms with E-state index >= 15 is 0 Å². The number of rotatable bonds is 4. The highest BCUT2D eigenvalue weighted by atomic mass is 35.5. The number of aromatic nitrogens is 2. The molecule has 0 fully saturated rings. The van der Waals surface area contributed by atoms with Crippen molar-refractivity contribution in [3.05, 3.63) is 82.5 Å². The molecule has 0 spiro atoms. The highest BCUT2D eigenvalue weighted by Gasteiger charge is 2.20. The molecular weight excluding hydrogens is 428 g/mol. The lowest BCUT2D eigenvalue weighted by Crippen LogP contribution is -2.39. The number of halogens is 1. The second-order valence-corrected chi connectivity index (χ2v) is 9.95. The molecule has 0 unspecified atom stereocenters. The van der Waals surface area contributed by atoms with Crippen LogP contribution in [0.3, 0.4) is 0 Å². The van der Waals surface area contributed by atoms with Gasteiger partial charge in [0.25, 0.3) is 5.56 Å². The average molecular weight is 445 g/mol. The Bertz CT molecular complexity index is 1390. The average Bonchev–Trinajstić information content (AvgIpc) is 3.20. The Kier molecular flexibility index (Phi) is 5.06. The minimum atomic E-state index is -0.551. The SMILES string of the molecule is Cc1cc(C(=O)Cn2c(=O)n(-c3cccc(Cl)c3)c(=O)c3cc(C)sc32)c(C)s1. The normalized spacial score (nSPS) is 11.3. The summed E-state index contributed by atoms with van der Waals surface area (Å²) < 4.78 is 2.48. The fourth-order valence-electron chi connectivity index (χ4n) is 3.39. The van der Waals surface area contributed by atoms with Gasteiger partial charge in [-0.05, 0) is 51.1 Å². The molecule has 4 aromatic rings. The van der Waals surface area contributed by atoms with Crippen molar-refractivity contribution < 1.29 is 4.79 Å². The second-order valence-electron chi connectivity index (χ2n) is 6.82. The van der Waals surface area contributed by atoms with E-state index in [1.54, 1.807) is 41.7 Å². The Morgan fingerprint density at radius 3 is 2.41 bits per heavy atom. The van der Waals surface area contributed by atoms with Gasteiger partial charge in [-0.15, -0.1) is 22.7 Å². The number of thiophene rings is 2. The number of hydrogen-bond donors (Lipinski definition) is 0. The topological polar surface area (TPSA) is 61.1 Å². The second kappa shape index (κ2) is 7.40. The van der Waals surface area contributed by atoms with Gasteiger partial charge in [0.1, 0.15) is 4.83 Å². The number of aryl methyl sites for hydroxylation is 3. The summed E-state index contributed by atoms with van der Waals surface area (Å²) >= 11 is 8.95. The zero-order valence-corrected chi connectivity index (χ0v) is 18.4. The van der Waals surface area contributed by atoms with Crippen molar-refractivity contribution in [2.75, 3.05) is 0 Å². The molecule has 29 heavy (non-hydrogen) atoms. The molecule has 4 rings (SSSR count). The van der Waals surface area contributed by atoms with Crippen LogP contribution in [0.1, 0.15) is 25.0 Å². The predicted octanol–water partition coefficient (Wildman–Crippen LogP) is 4.74. The fourth-order valence-corrected chi connectivity index (χ4v) is 5.51. The van der Waals surface area contributed by atoms with E-state index in [1.807, 2.05) is 26.8 Å². The molecule has 0 saturated heterocycles. The maximum absolute atomic E-state index is 13.3. The Morgan fingerprint density at radius 2 is 1.76 bits per heavy atom. The van der Waals surface area contributed by atoms with Crippen molar-refractivity contribution in [1.29, 1.82) is 0 Å². The summed E-state index contributed by atoms with van der Waals surface area (Å²) in [6.07, 6.45) is 0.